The molecule has 0 radical (unpaired) electrons. The maximum absolute atomic E-state index is 13.0. The molecule has 6 nitrogen and oxygen atoms in total. The Morgan fingerprint density at radius 2 is 2.04 bits per heavy atom. The van der Waals surface area contributed by atoms with Gasteiger partial charge in [-0.15, -0.1) is 0 Å². The van der Waals surface area contributed by atoms with Crippen LogP contribution in [0.15, 0.2) is 47.4 Å². The van der Waals surface area contributed by atoms with E-state index < -0.39 is 0 Å². The molecular weight excluding hydrogens is 306 g/mol. The van der Waals surface area contributed by atoms with Crippen LogP contribution in [0.2, 0.25) is 0 Å². The molecule has 1 aliphatic rings. The van der Waals surface area contributed by atoms with Crippen molar-refractivity contribution in [3.63, 3.8) is 0 Å². The third kappa shape index (κ3) is 3.05. The van der Waals surface area contributed by atoms with Gasteiger partial charge in [0.1, 0.15) is 5.75 Å². The Balaban J connectivity index is 1.96. The lowest BCUT2D eigenvalue weighted by Crippen LogP contribution is -2.49. The fraction of sp³-hybridized carbons (Fsp3) is 0.333. The van der Waals surface area contributed by atoms with Crippen molar-refractivity contribution in [2.75, 3.05) is 26.7 Å². The van der Waals surface area contributed by atoms with Crippen molar-refractivity contribution in [1.82, 2.24) is 14.8 Å². The zero-order chi connectivity index (χ0) is 17.1. The van der Waals surface area contributed by atoms with Crippen LogP contribution in [0, 0.1) is 0 Å². The Morgan fingerprint density at radius 3 is 2.79 bits per heavy atom. The smallest absolute Gasteiger partial charge is 0.255 e. The molecule has 1 atom stereocenters. The van der Waals surface area contributed by atoms with E-state index in [-0.39, 0.29) is 17.5 Å². The van der Waals surface area contributed by atoms with E-state index in [4.69, 9.17) is 4.74 Å². The lowest BCUT2D eigenvalue weighted by atomic mass is 10.0. The monoisotopic (exact) mass is 327 g/mol. The van der Waals surface area contributed by atoms with Crippen LogP contribution in [0.25, 0.3) is 0 Å². The predicted octanol–water partition coefficient (Wildman–Crippen LogP) is 1.18. The molecule has 1 fully saturated rings. The van der Waals surface area contributed by atoms with Crippen molar-refractivity contribution in [2.24, 2.45) is 7.05 Å². The van der Waals surface area contributed by atoms with Gasteiger partial charge in [0.05, 0.1) is 18.7 Å². The number of amides is 1. The molecule has 126 valence electrons. The van der Waals surface area contributed by atoms with Gasteiger partial charge in [-0.1, -0.05) is 18.2 Å². The van der Waals surface area contributed by atoms with Crippen LogP contribution in [0.4, 0.5) is 0 Å². The average molecular weight is 327 g/mol. The lowest BCUT2D eigenvalue weighted by molar-refractivity contribution is 0.0630. The van der Waals surface area contributed by atoms with Crippen molar-refractivity contribution < 1.29 is 9.53 Å². The van der Waals surface area contributed by atoms with Crippen LogP contribution in [-0.2, 0) is 7.05 Å². The Morgan fingerprint density at radius 1 is 1.25 bits per heavy atom. The van der Waals surface area contributed by atoms with E-state index in [0.717, 1.165) is 17.9 Å². The second-order valence-electron chi connectivity index (χ2n) is 5.83. The number of ether oxygens (including phenoxy) is 1. The molecule has 1 unspecified atom stereocenters. The maximum Gasteiger partial charge on any atom is 0.255 e. The molecule has 1 amide bonds. The highest BCUT2D eigenvalue weighted by atomic mass is 16.5. The molecule has 1 aromatic carbocycles. The fourth-order valence-corrected chi connectivity index (χ4v) is 3.05. The minimum Gasteiger partial charge on any atom is -0.496 e. The first-order valence-corrected chi connectivity index (χ1v) is 7.93. The number of hydrogen-bond donors (Lipinski definition) is 1. The quantitative estimate of drug-likeness (QED) is 0.919. The van der Waals surface area contributed by atoms with Gasteiger partial charge < -0.3 is 19.5 Å². The fourth-order valence-electron chi connectivity index (χ4n) is 3.05. The summed E-state index contributed by atoms with van der Waals surface area (Å²) in [6, 6.07) is 10.6. The van der Waals surface area contributed by atoms with Crippen LogP contribution >= 0.6 is 0 Å². The summed E-state index contributed by atoms with van der Waals surface area (Å²) < 4.78 is 6.88. The number of benzene rings is 1. The summed E-state index contributed by atoms with van der Waals surface area (Å²) in [6.45, 7) is 2.01. The van der Waals surface area contributed by atoms with Gasteiger partial charge in [0, 0.05) is 44.5 Å². The van der Waals surface area contributed by atoms with Crippen LogP contribution in [0.3, 0.4) is 0 Å². The number of nitrogens with zero attached hydrogens (tertiary/aromatic N) is 2. The summed E-state index contributed by atoms with van der Waals surface area (Å²) in [7, 11) is 3.28. The molecule has 1 aliphatic heterocycles. The van der Waals surface area contributed by atoms with Crippen LogP contribution in [-0.4, -0.2) is 42.1 Å². The van der Waals surface area contributed by atoms with Gasteiger partial charge >= 0.3 is 0 Å². The SMILES string of the molecule is COc1ccccc1C1CNCCN1C(=O)c1ccc(=O)n(C)c1. The Labute approximate surface area is 140 Å². The normalized spacial score (nSPS) is 17.6. The van der Waals surface area contributed by atoms with Gasteiger partial charge in [-0.25, -0.2) is 0 Å². The number of hydrogen-bond acceptors (Lipinski definition) is 4. The van der Waals surface area contributed by atoms with E-state index in [1.165, 1.54) is 10.6 Å². The number of para-hydroxylation sites is 1. The third-order valence-electron chi connectivity index (χ3n) is 4.33. The highest BCUT2D eigenvalue weighted by Gasteiger charge is 2.30. The largest absolute Gasteiger partial charge is 0.496 e. The summed E-state index contributed by atoms with van der Waals surface area (Å²) in [5, 5.41) is 3.34. The van der Waals surface area contributed by atoms with E-state index in [2.05, 4.69) is 5.32 Å². The molecule has 1 N–H and O–H groups in total. The first-order chi connectivity index (χ1) is 11.6. The number of aryl methyl sites for hydroxylation is 1. The van der Waals surface area contributed by atoms with E-state index in [1.807, 2.05) is 29.2 Å². The molecule has 0 bridgehead atoms. The average Bonchev–Trinajstić information content (AvgIpc) is 2.63. The zero-order valence-electron chi connectivity index (χ0n) is 13.9. The number of aromatic nitrogens is 1. The minimum atomic E-state index is -0.131. The number of nitrogens with one attached hydrogen (secondary N) is 1. The predicted molar refractivity (Wildman–Crippen MR) is 91.3 cm³/mol. The Hall–Kier alpha value is -2.60. The van der Waals surface area contributed by atoms with Gasteiger partial charge in [0.15, 0.2) is 0 Å². The molecule has 2 heterocycles. The molecule has 24 heavy (non-hydrogen) atoms. The second-order valence-corrected chi connectivity index (χ2v) is 5.83. The number of rotatable bonds is 3. The third-order valence-corrected chi connectivity index (χ3v) is 4.33. The molecule has 6 heteroatoms. The van der Waals surface area contributed by atoms with Crippen molar-refractivity contribution in [3.8, 4) is 5.75 Å². The highest BCUT2D eigenvalue weighted by molar-refractivity contribution is 5.94. The Kier molecular flexibility index (Phi) is 4.66. The summed E-state index contributed by atoms with van der Waals surface area (Å²) in [4.78, 5) is 26.4. The van der Waals surface area contributed by atoms with Gasteiger partial charge in [0.25, 0.3) is 5.91 Å². The molecule has 0 spiro atoms. The molecular formula is C18H21N3O3. The van der Waals surface area contributed by atoms with E-state index >= 15 is 0 Å². The van der Waals surface area contributed by atoms with E-state index in [0.29, 0.717) is 18.7 Å². The van der Waals surface area contributed by atoms with E-state index in [9.17, 15) is 9.59 Å². The first kappa shape index (κ1) is 16.3. The van der Waals surface area contributed by atoms with Crippen molar-refractivity contribution >= 4 is 5.91 Å². The summed E-state index contributed by atoms with van der Waals surface area (Å²) in [5.41, 5.74) is 1.36. The number of carbonyl (C=O) groups excluding carboxylic acids is 1. The number of pyridine rings is 1. The number of methoxy groups -OCH3 is 1. The Bertz CT molecular complexity index is 800. The molecule has 1 aromatic heterocycles. The van der Waals surface area contributed by atoms with Gasteiger partial charge in [-0.3, -0.25) is 9.59 Å². The van der Waals surface area contributed by atoms with Crippen molar-refractivity contribution in [3.05, 3.63) is 64.1 Å². The van der Waals surface area contributed by atoms with Crippen molar-refractivity contribution in [2.45, 2.75) is 6.04 Å². The summed E-state index contributed by atoms with van der Waals surface area (Å²) in [6.07, 6.45) is 1.59. The van der Waals surface area contributed by atoms with Crippen molar-refractivity contribution in [1.29, 1.82) is 0 Å². The number of carbonyl (C=O) groups is 1. The molecule has 3 rings (SSSR count). The first-order valence-electron chi connectivity index (χ1n) is 7.93. The minimum absolute atomic E-state index is 0.0805. The number of piperazine rings is 1. The molecule has 2 aromatic rings. The maximum atomic E-state index is 13.0. The standard InChI is InChI=1S/C18H21N3O3/c1-20-12-13(7-8-17(20)22)18(23)21-10-9-19-11-15(21)14-5-3-4-6-16(14)24-2/h3-8,12,15,19H,9-11H2,1-2H3. The van der Waals surface area contributed by atoms with Gasteiger partial charge in [0.2, 0.25) is 5.56 Å². The molecule has 0 saturated carbocycles. The van der Waals surface area contributed by atoms with Crippen LogP contribution in [0.1, 0.15) is 22.0 Å². The van der Waals surface area contributed by atoms with Crippen LogP contribution in [0.5, 0.6) is 5.75 Å². The van der Waals surface area contributed by atoms with Gasteiger partial charge in [-0.05, 0) is 12.1 Å². The highest BCUT2D eigenvalue weighted by Crippen LogP contribution is 2.30. The molecule has 1 saturated heterocycles. The topological polar surface area (TPSA) is 63.6 Å². The summed E-state index contributed by atoms with van der Waals surface area (Å²) in [5.74, 6) is 0.687. The van der Waals surface area contributed by atoms with Crippen LogP contribution < -0.4 is 15.6 Å². The van der Waals surface area contributed by atoms with Gasteiger partial charge in [-0.2, -0.15) is 0 Å². The van der Waals surface area contributed by atoms with E-state index in [1.54, 1.807) is 26.4 Å². The lowest BCUT2D eigenvalue weighted by Gasteiger charge is -2.37. The summed E-state index contributed by atoms with van der Waals surface area (Å²) >= 11 is 0. The molecule has 0 aliphatic carbocycles. The zero-order valence-corrected chi connectivity index (χ0v) is 13.9. The second kappa shape index (κ2) is 6.88.